The molecule has 0 N–H and O–H groups in total. The second kappa shape index (κ2) is 4.68. The highest BCUT2D eigenvalue weighted by Gasteiger charge is 2.04. The third-order valence-electron chi connectivity index (χ3n) is 1.90. The zero-order valence-corrected chi connectivity index (χ0v) is 9.96. The summed E-state index contributed by atoms with van der Waals surface area (Å²) in [4.78, 5) is 7.66. The number of nitrogens with zero attached hydrogens (tertiary/aromatic N) is 2. The molecule has 0 atom stereocenters. The molecule has 1 aromatic carbocycles. The molecule has 0 bridgehead atoms. The number of aromatic nitrogens is 2. The molecule has 1 heterocycles. The highest BCUT2D eigenvalue weighted by molar-refractivity contribution is 6.32. The van der Waals surface area contributed by atoms with Gasteiger partial charge in [-0.05, 0) is 36.2 Å². The third-order valence-corrected chi connectivity index (χ3v) is 2.38. The summed E-state index contributed by atoms with van der Waals surface area (Å²) < 4.78 is 5.48. The first-order chi connectivity index (χ1) is 7.65. The maximum Gasteiger partial charge on any atom is 0.225 e. The van der Waals surface area contributed by atoms with Crippen LogP contribution in [0.4, 0.5) is 0 Å². The van der Waals surface area contributed by atoms with Gasteiger partial charge in [-0.15, -0.1) is 0 Å². The van der Waals surface area contributed by atoms with E-state index in [-0.39, 0.29) is 5.28 Å². The number of benzene rings is 1. The number of hydrogen-bond acceptors (Lipinski definition) is 3. The van der Waals surface area contributed by atoms with Crippen molar-refractivity contribution in [3.63, 3.8) is 0 Å². The van der Waals surface area contributed by atoms with Crippen LogP contribution >= 0.6 is 23.2 Å². The molecule has 3 nitrogen and oxygen atoms in total. The highest BCUT2D eigenvalue weighted by Crippen LogP contribution is 2.29. The van der Waals surface area contributed by atoms with Gasteiger partial charge in [0.1, 0.15) is 5.75 Å². The van der Waals surface area contributed by atoms with Crippen molar-refractivity contribution in [3.8, 4) is 11.6 Å². The zero-order valence-electron chi connectivity index (χ0n) is 8.45. The molecule has 0 aliphatic heterocycles. The van der Waals surface area contributed by atoms with Crippen LogP contribution in [0.3, 0.4) is 0 Å². The Morgan fingerprint density at radius 3 is 2.69 bits per heavy atom. The first kappa shape index (κ1) is 11.2. The Morgan fingerprint density at radius 1 is 1.19 bits per heavy atom. The second-order valence-electron chi connectivity index (χ2n) is 3.20. The van der Waals surface area contributed by atoms with Crippen molar-refractivity contribution in [3.05, 3.63) is 46.3 Å². The van der Waals surface area contributed by atoms with E-state index in [1.165, 1.54) is 6.20 Å². The summed E-state index contributed by atoms with van der Waals surface area (Å²) in [5, 5.41) is 0.676. The largest absolute Gasteiger partial charge is 0.437 e. The minimum absolute atomic E-state index is 0.140. The summed E-state index contributed by atoms with van der Waals surface area (Å²) >= 11 is 11.7. The Balaban J connectivity index is 2.27. The molecule has 0 spiro atoms. The predicted molar refractivity (Wildman–Crippen MR) is 63.3 cm³/mol. The van der Waals surface area contributed by atoms with Crippen LogP contribution in [-0.4, -0.2) is 9.97 Å². The van der Waals surface area contributed by atoms with Gasteiger partial charge in [0.05, 0.1) is 5.02 Å². The lowest BCUT2D eigenvalue weighted by atomic mass is 10.2. The van der Waals surface area contributed by atoms with Crippen molar-refractivity contribution in [1.29, 1.82) is 0 Å². The SMILES string of the molecule is Cc1ccc(Oc2ccnc(Cl)n2)c(Cl)c1. The molecule has 16 heavy (non-hydrogen) atoms. The van der Waals surface area contributed by atoms with E-state index in [9.17, 15) is 0 Å². The quantitative estimate of drug-likeness (QED) is 0.763. The van der Waals surface area contributed by atoms with Crippen molar-refractivity contribution >= 4 is 23.2 Å². The summed E-state index contributed by atoms with van der Waals surface area (Å²) in [7, 11) is 0. The predicted octanol–water partition coefficient (Wildman–Crippen LogP) is 3.88. The molecule has 1 aromatic heterocycles. The molecule has 0 saturated carbocycles. The van der Waals surface area contributed by atoms with Crippen LogP contribution < -0.4 is 4.74 Å². The van der Waals surface area contributed by atoms with Crippen molar-refractivity contribution in [2.75, 3.05) is 0 Å². The lowest BCUT2D eigenvalue weighted by molar-refractivity contribution is 0.461. The molecule has 2 aromatic rings. The van der Waals surface area contributed by atoms with Crippen LogP contribution in [0.5, 0.6) is 11.6 Å². The summed E-state index contributed by atoms with van der Waals surface area (Å²) in [5.74, 6) is 0.910. The van der Waals surface area contributed by atoms with E-state index in [1.807, 2.05) is 19.1 Å². The summed E-state index contributed by atoms with van der Waals surface area (Å²) in [5.41, 5.74) is 1.07. The van der Waals surface area contributed by atoms with Crippen LogP contribution in [0.2, 0.25) is 10.3 Å². The monoisotopic (exact) mass is 254 g/mol. The average Bonchev–Trinajstić information content (AvgIpc) is 2.22. The Morgan fingerprint density at radius 2 is 2.00 bits per heavy atom. The molecule has 5 heteroatoms. The third kappa shape index (κ3) is 2.62. The average molecular weight is 255 g/mol. The molecule has 0 aliphatic carbocycles. The van der Waals surface area contributed by atoms with Gasteiger partial charge in [-0.1, -0.05) is 17.7 Å². The van der Waals surface area contributed by atoms with Gasteiger partial charge in [-0.2, -0.15) is 4.98 Å². The van der Waals surface area contributed by atoms with Gasteiger partial charge in [0.25, 0.3) is 0 Å². The number of rotatable bonds is 2. The summed E-state index contributed by atoms with van der Waals surface area (Å²) in [6.45, 7) is 1.96. The molecular formula is C11H8Cl2N2O. The molecule has 0 saturated heterocycles. The van der Waals surface area contributed by atoms with Crippen LogP contribution in [0.15, 0.2) is 30.5 Å². The maximum absolute atomic E-state index is 6.02. The Labute approximate surface area is 103 Å². The molecule has 82 valence electrons. The van der Waals surface area contributed by atoms with Gasteiger partial charge >= 0.3 is 0 Å². The van der Waals surface area contributed by atoms with Gasteiger partial charge in [-0.25, -0.2) is 4.98 Å². The first-order valence-electron chi connectivity index (χ1n) is 4.58. The Bertz CT molecular complexity index is 517. The van der Waals surface area contributed by atoms with Crippen molar-refractivity contribution in [1.82, 2.24) is 9.97 Å². The van der Waals surface area contributed by atoms with E-state index in [4.69, 9.17) is 27.9 Å². The molecule has 0 radical (unpaired) electrons. The fourth-order valence-corrected chi connectivity index (χ4v) is 1.59. The Kier molecular flexibility index (Phi) is 3.27. The zero-order chi connectivity index (χ0) is 11.5. The van der Waals surface area contributed by atoms with Gasteiger partial charge in [0.15, 0.2) is 0 Å². The van der Waals surface area contributed by atoms with E-state index in [0.29, 0.717) is 16.7 Å². The number of hydrogen-bond donors (Lipinski definition) is 0. The van der Waals surface area contributed by atoms with E-state index in [0.717, 1.165) is 5.56 Å². The molecule has 0 amide bonds. The van der Waals surface area contributed by atoms with Crippen molar-refractivity contribution in [2.45, 2.75) is 6.92 Å². The van der Waals surface area contributed by atoms with Crippen molar-refractivity contribution in [2.24, 2.45) is 0 Å². The normalized spacial score (nSPS) is 10.2. The molecule has 0 unspecified atom stereocenters. The minimum Gasteiger partial charge on any atom is -0.437 e. The highest BCUT2D eigenvalue weighted by atomic mass is 35.5. The van der Waals surface area contributed by atoms with E-state index >= 15 is 0 Å². The first-order valence-corrected chi connectivity index (χ1v) is 5.33. The van der Waals surface area contributed by atoms with E-state index in [1.54, 1.807) is 12.1 Å². The van der Waals surface area contributed by atoms with Gasteiger partial charge in [0.2, 0.25) is 11.2 Å². The Hall–Kier alpha value is -1.32. The lowest BCUT2D eigenvalue weighted by Gasteiger charge is -2.06. The molecule has 2 rings (SSSR count). The number of ether oxygens (including phenoxy) is 1. The van der Waals surface area contributed by atoms with Crippen molar-refractivity contribution < 1.29 is 4.74 Å². The topological polar surface area (TPSA) is 35.0 Å². The fourth-order valence-electron chi connectivity index (χ4n) is 1.18. The second-order valence-corrected chi connectivity index (χ2v) is 3.95. The summed E-state index contributed by atoms with van der Waals surface area (Å²) in [6, 6.07) is 7.12. The minimum atomic E-state index is 0.140. The van der Waals surface area contributed by atoms with Crippen LogP contribution in [0.1, 0.15) is 5.56 Å². The van der Waals surface area contributed by atoms with Gasteiger partial charge in [0, 0.05) is 12.3 Å². The molecular weight excluding hydrogens is 247 g/mol. The number of halogens is 2. The maximum atomic E-state index is 6.02. The van der Waals surface area contributed by atoms with Gasteiger partial charge < -0.3 is 4.74 Å². The van der Waals surface area contributed by atoms with Crippen LogP contribution in [-0.2, 0) is 0 Å². The van der Waals surface area contributed by atoms with E-state index in [2.05, 4.69) is 9.97 Å². The lowest BCUT2D eigenvalue weighted by Crippen LogP contribution is -1.90. The molecule has 0 aliphatic rings. The van der Waals surface area contributed by atoms with Crippen LogP contribution in [0.25, 0.3) is 0 Å². The molecule has 0 fully saturated rings. The van der Waals surface area contributed by atoms with Gasteiger partial charge in [-0.3, -0.25) is 0 Å². The smallest absolute Gasteiger partial charge is 0.225 e. The van der Waals surface area contributed by atoms with Crippen LogP contribution in [0, 0.1) is 6.92 Å². The van der Waals surface area contributed by atoms with E-state index < -0.39 is 0 Å². The standard InChI is InChI=1S/C11H8Cl2N2O/c1-7-2-3-9(8(12)6-7)16-10-4-5-14-11(13)15-10/h2-6H,1H3. The number of aryl methyl sites for hydroxylation is 1. The fraction of sp³-hybridized carbons (Fsp3) is 0.0909. The summed E-state index contributed by atoms with van der Waals surface area (Å²) in [6.07, 6.45) is 1.52.